The summed E-state index contributed by atoms with van der Waals surface area (Å²) in [6.07, 6.45) is 0.838. The summed E-state index contributed by atoms with van der Waals surface area (Å²) in [6.45, 7) is 3.91. The third kappa shape index (κ3) is 4.63. The second-order valence-corrected chi connectivity index (χ2v) is 3.53. The van der Waals surface area contributed by atoms with E-state index in [4.69, 9.17) is 14.2 Å². The maximum Gasteiger partial charge on any atom is 0.125 e. The average molecular weight is 240 g/mol. The minimum Gasteiger partial charge on any atom is -0.497 e. The van der Waals surface area contributed by atoms with Crippen molar-refractivity contribution in [1.82, 2.24) is 0 Å². The van der Waals surface area contributed by atoms with Gasteiger partial charge in [0.25, 0.3) is 0 Å². The molecule has 0 saturated carbocycles. The Labute approximate surface area is 102 Å². The Morgan fingerprint density at radius 1 is 1.24 bits per heavy atom. The fourth-order valence-electron chi connectivity index (χ4n) is 1.43. The molecule has 0 spiro atoms. The first-order valence-corrected chi connectivity index (χ1v) is 5.80. The molecule has 0 aliphatic heterocycles. The van der Waals surface area contributed by atoms with Crippen LogP contribution in [0.4, 0.5) is 0 Å². The lowest BCUT2D eigenvalue weighted by atomic mass is 10.2. The van der Waals surface area contributed by atoms with Crippen molar-refractivity contribution in [2.45, 2.75) is 20.0 Å². The van der Waals surface area contributed by atoms with Gasteiger partial charge in [0.1, 0.15) is 11.5 Å². The number of aliphatic hydroxyl groups is 1. The van der Waals surface area contributed by atoms with Crippen molar-refractivity contribution in [3.05, 3.63) is 23.8 Å². The van der Waals surface area contributed by atoms with Crippen LogP contribution in [-0.4, -0.2) is 32.0 Å². The normalized spacial score (nSPS) is 10.3. The van der Waals surface area contributed by atoms with Gasteiger partial charge >= 0.3 is 0 Å². The van der Waals surface area contributed by atoms with E-state index in [0.29, 0.717) is 19.0 Å². The number of ether oxygens (including phenoxy) is 3. The Kier molecular flexibility index (Phi) is 6.43. The molecular formula is C13H20O4. The topological polar surface area (TPSA) is 47.9 Å². The summed E-state index contributed by atoms with van der Waals surface area (Å²) < 4.78 is 15.9. The number of hydrogen-bond acceptors (Lipinski definition) is 4. The number of hydrogen-bond donors (Lipinski definition) is 1. The van der Waals surface area contributed by atoms with E-state index >= 15 is 0 Å². The largest absolute Gasteiger partial charge is 0.497 e. The molecule has 1 aromatic carbocycles. The highest BCUT2D eigenvalue weighted by molar-refractivity contribution is 5.39. The molecule has 0 unspecified atom stereocenters. The van der Waals surface area contributed by atoms with Crippen molar-refractivity contribution in [2.24, 2.45) is 0 Å². The second-order valence-electron chi connectivity index (χ2n) is 3.53. The molecule has 4 heteroatoms. The molecule has 0 amide bonds. The van der Waals surface area contributed by atoms with Crippen LogP contribution in [0.25, 0.3) is 0 Å². The Hall–Kier alpha value is -1.26. The first-order chi connectivity index (χ1) is 8.31. The summed E-state index contributed by atoms with van der Waals surface area (Å²) in [4.78, 5) is 0. The lowest BCUT2D eigenvalue weighted by Gasteiger charge is -2.11. The molecule has 0 heterocycles. The average Bonchev–Trinajstić information content (AvgIpc) is 2.38. The third-order valence-electron chi connectivity index (χ3n) is 2.33. The molecule has 0 atom stereocenters. The number of benzene rings is 1. The fourth-order valence-corrected chi connectivity index (χ4v) is 1.43. The van der Waals surface area contributed by atoms with E-state index in [-0.39, 0.29) is 6.61 Å². The Bertz CT molecular complexity index is 325. The molecule has 0 aromatic heterocycles. The predicted molar refractivity (Wildman–Crippen MR) is 65.5 cm³/mol. The van der Waals surface area contributed by atoms with Crippen LogP contribution in [0, 0.1) is 0 Å². The molecule has 1 rings (SSSR count). The zero-order valence-electron chi connectivity index (χ0n) is 10.4. The third-order valence-corrected chi connectivity index (χ3v) is 2.33. The fraction of sp³-hybridized carbons (Fsp3) is 0.538. The van der Waals surface area contributed by atoms with E-state index in [1.165, 1.54) is 0 Å². The van der Waals surface area contributed by atoms with Crippen LogP contribution >= 0.6 is 0 Å². The minimum absolute atomic E-state index is 0.0575. The van der Waals surface area contributed by atoms with E-state index < -0.39 is 0 Å². The van der Waals surface area contributed by atoms with Crippen LogP contribution in [0.3, 0.4) is 0 Å². The van der Waals surface area contributed by atoms with Crippen molar-refractivity contribution < 1.29 is 19.3 Å². The van der Waals surface area contributed by atoms with Gasteiger partial charge in [0, 0.05) is 25.2 Å². The summed E-state index contributed by atoms with van der Waals surface area (Å²) in [7, 11) is 1.60. The molecule has 17 heavy (non-hydrogen) atoms. The second kappa shape index (κ2) is 7.92. The molecular weight excluding hydrogens is 220 g/mol. The lowest BCUT2D eigenvalue weighted by molar-refractivity contribution is 0.130. The summed E-state index contributed by atoms with van der Waals surface area (Å²) in [5, 5.41) is 9.22. The van der Waals surface area contributed by atoms with Crippen molar-refractivity contribution in [3.63, 3.8) is 0 Å². The molecule has 0 saturated heterocycles. The number of methoxy groups -OCH3 is 1. The molecule has 0 fully saturated rings. The SMILES string of the molecule is CCOCCCOc1ccc(OC)cc1CO. The zero-order chi connectivity index (χ0) is 12.5. The van der Waals surface area contributed by atoms with E-state index in [2.05, 4.69) is 0 Å². The van der Waals surface area contributed by atoms with Gasteiger partial charge < -0.3 is 19.3 Å². The summed E-state index contributed by atoms with van der Waals surface area (Å²) in [5.41, 5.74) is 0.737. The van der Waals surface area contributed by atoms with E-state index in [0.717, 1.165) is 24.3 Å². The predicted octanol–water partition coefficient (Wildman–Crippen LogP) is 1.99. The lowest BCUT2D eigenvalue weighted by Crippen LogP contribution is -2.04. The highest BCUT2D eigenvalue weighted by Gasteiger charge is 2.04. The molecule has 0 aliphatic carbocycles. The van der Waals surface area contributed by atoms with Crippen LogP contribution in [0.5, 0.6) is 11.5 Å². The van der Waals surface area contributed by atoms with Gasteiger partial charge in [-0.15, -0.1) is 0 Å². The van der Waals surface area contributed by atoms with Gasteiger partial charge in [0.15, 0.2) is 0 Å². The maximum absolute atomic E-state index is 9.22. The smallest absolute Gasteiger partial charge is 0.125 e. The van der Waals surface area contributed by atoms with Crippen LogP contribution in [-0.2, 0) is 11.3 Å². The van der Waals surface area contributed by atoms with Crippen LogP contribution in [0.1, 0.15) is 18.9 Å². The maximum atomic E-state index is 9.22. The van der Waals surface area contributed by atoms with E-state index in [1.807, 2.05) is 19.1 Å². The summed E-state index contributed by atoms with van der Waals surface area (Å²) in [5.74, 6) is 1.42. The first kappa shape index (κ1) is 13.8. The molecule has 0 aliphatic rings. The molecule has 96 valence electrons. The Balaban J connectivity index is 2.46. The van der Waals surface area contributed by atoms with Crippen molar-refractivity contribution >= 4 is 0 Å². The van der Waals surface area contributed by atoms with Gasteiger partial charge in [-0.2, -0.15) is 0 Å². The highest BCUT2D eigenvalue weighted by atomic mass is 16.5. The number of aliphatic hydroxyl groups excluding tert-OH is 1. The van der Waals surface area contributed by atoms with Gasteiger partial charge in [-0.05, 0) is 25.1 Å². The van der Waals surface area contributed by atoms with Crippen LogP contribution in [0.15, 0.2) is 18.2 Å². The standard InChI is InChI=1S/C13H20O4/c1-3-16-7-4-8-17-13-6-5-12(15-2)9-11(13)10-14/h5-6,9,14H,3-4,7-8,10H2,1-2H3. The van der Waals surface area contributed by atoms with Gasteiger partial charge in [0.2, 0.25) is 0 Å². The van der Waals surface area contributed by atoms with Gasteiger partial charge in [-0.1, -0.05) is 0 Å². The number of rotatable bonds is 8. The molecule has 0 bridgehead atoms. The Morgan fingerprint density at radius 3 is 2.71 bits per heavy atom. The molecule has 0 radical (unpaired) electrons. The van der Waals surface area contributed by atoms with E-state index in [9.17, 15) is 5.11 Å². The summed E-state index contributed by atoms with van der Waals surface area (Å²) in [6, 6.07) is 5.40. The first-order valence-electron chi connectivity index (χ1n) is 5.80. The Morgan fingerprint density at radius 2 is 2.06 bits per heavy atom. The molecule has 1 aromatic rings. The quantitative estimate of drug-likeness (QED) is 0.706. The zero-order valence-corrected chi connectivity index (χ0v) is 10.4. The highest BCUT2D eigenvalue weighted by Crippen LogP contribution is 2.24. The van der Waals surface area contributed by atoms with Crippen molar-refractivity contribution in [3.8, 4) is 11.5 Å². The molecule has 1 N–H and O–H groups in total. The monoisotopic (exact) mass is 240 g/mol. The van der Waals surface area contributed by atoms with Crippen molar-refractivity contribution in [2.75, 3.05) is 26.9 Å². The van der Waals surface area contributed by atoms with Crippen molar-refractivity contribution in [1.29, 1.82) is 0 Å². The minimum atomic E-state index is -0.0575. The van der Waals surface area contributed by atoms with Gasteiger partial charge in [-0.3, -0.25) is 0 Å². The van der Waals surface area contributed by atoms with Crippen LogP contribution in [0.2, 0.25) is 0 Å². The van der Waals surface area contributed by atoms with Gasteiger partial charge in [-0.25, -0.2) is 0 Å². The molecule has 4 nitrogen and oxygen atoms in total. The van der Waals surface area contributed by atoms with Crippen LogP contribution < -0.4 is 9.47 Å². The summed E-state index contributed by atoms with van der Waals surface area (Å²) >= 11 is 0. The van der Waals surface area contributed by atoms with Gasteiger partial charge in [0.05, 0.1) is 20.3 Å². The van der Waals surface area contributed by atoms with E-state index in [1.54, 1.807) is 13.2 Å².